The van der Waals surface area contributed by atoms with Crippen molar-refractivity contribution >= 4 is 19.6 Å². The molecule has 5 N–H and O–H groups in total. The van der Waals surface area contributed by atoms with Gasteiger partial charge in [0.15, 0.2) is 6.23 Å². The minimum absolute atomic E-state index is 0.140. The van der Waals surface area contributed by atoms with Crippen molar-refractivity contribution in [2.24, 2.45) is 5.73 Å². The van der Waals surface area contributed by atoms with Crippen molar-refractivity contribution in [1.82, 2.24) is 15.3 Å². The fourth-order valence-corrected chi connectivity index (χ4v) is 4.95. The molecule has 6 atom stereocenters. The zero-order valence-corrected chi connectivity index (χ0v) is 19.4. The monoisotopic (exact) mass is 484 g/mol. The first-order valence-corrected chi connectivity index (χ1v) is 11.8. The molecule has 13 heteroatoms. The van der Waals surface area contributed by atoms with E-state index in [-0.39, 0.29) is 24.9 Å². The first-order valence-electron chi connectivity index (χ1n) is 10.2. The number of esters is 1. The molecule has 0 saturated carbocycles. The number of amides is 1. The van der Waals surface area contributed by atoms with Crippen LogP contribution >= 0.6 is 7.75 Å². The van der Waals surface area contributed by atoms with Crippen LogP contribution in [0.3, 0.4) is 0 Å². The molecule has 2 aliphatic heterocycles. The van der Waals surface area contributed by atoms with E-state index in [1.807, 2.05) is 0 Å². The molecular weight excluding hydrogens is 455 g/mol. The van der Waals surface area contributed by atoms with E-state index < -0.39 is 43.7 Å². The fraction of sp³-hybridized carbons (Fsp3) is 0.500. The predicted molar refractivity (Wildman–Crippen MR) is 116 cm³/mol. The lowest BCUT2D eigenvalue weighted by molar-refractivity contribution is -0.142. The highest BCUT2D eigenvalue weighted by molar-refractivity contribution is 7.52. The van der Waals surface area contributed by atoms with Crippen LogP contribution in [0.1, 0.15) is 13.8 Å². The van der Waals surface area contributed by atoms with Crippen LogP contribution in [0.25, 0.3) is 0 Å². The summed E-state index contributed by atoms with van der Waals surface area (Å²) in [5, 5.41) is 15.9. The van der Waals surface area contributed by atoms with Crippen LogP contribution in [-0.2, 0) is 28.2 Å². The van der Waals surface area contributed by atoms with Gasteiger partial charge in [0, 0.05) is 12.3 Å². The molecule has 1 fully saturated rings. The molecule has 0 aliphatic carbocycles. The summed E-state index contributed by atoms with van der Waals surface area (Å²) in [7, 11) is -2.91. The normalized spacial score (nSPS) is 29.8. The molecular formula is C20H29N4O8P. The van der Waals surface area contributed by atoms with E-state index in [0.29, 0.717) is 0 Å². The third-order valence-electron chi connectivity index (χ3n) is 5.26. The third-order valence-corrected chi connectivity index (χ3v) is 6.91. The fourth-order valence-electron chi connectivity index (χ4n) is 3.45. The zero-order valence-electron chi connectivity index (χ0n) is 18.5. The topological polar surface area (TPSA) is 162 Å². The number of rotatable bonds is 9. The lowest BCUT2D eigenvalue weighted by atomic mass is 9.93. The van der Waals surface area contributed by atoms with Crippen LogP contribution in [0.15, 0.2) is 42.6 Å². The largest absolute Gasteiger partial charge is 0.468 e. The number of carbonyl (C=O) groups is 2. The highest BCUT2D eigenvalue weighted by Gasteiger charge is 2.53. The summed E-state index contributed by atoms with van der Waals surface area (Å²) in [6.45, 7) is 2.82. The van der Waals surface area contributed by atoms with Crippen LogP contribution in [0.2, 0.25) is 0 Å². The van der Waals surface area contributed by atoms with Gasteiger partial charge in [0.05, 0.1) is 25.9 Å². The average molecular weight is 484 g/mol. The average Bonchev–Trinajstić information content (AvgIpc) is 3.01. The Kier molecular flexibility index (Phi) is 7.78. The van der Waals surface area contributed by atoms with Crippen molar-refractivity contribution in [3.05, 3.63) is 42.6 Å². The minimum Gasteiger partial charge on any atom is -0.468 e. The molecule has 1 aromatic rings. The summed E-state index contributed by atoms with van der Waals surface area (Å²) in [6, 6.07) is 7.27. The maximum absolute atomic E-state index is 13.5. The summed E-state index contributed by atoms with van der Waals surface area (Å²) in [5.74, 6) is -0.677. The summed E-state index contributed by atoms with van der Waals surface area (Å²) >= 11 is 0. The van der Waals surface area contributed by atoms with E-state index >= 15 is 0 Å². The minimum atomic E-state index is -4.11. The van der Waals surface area contributed by atoms with Gasteiger partial charge in [-0.2, -0.15) is 5.09 Å². The molecule has 1 aromatic carbocycles. The van der Waals surface area contributed by atoms with E-state index in [1.54, 1.807) is 42.2 Å². The zero-order chi connectivity index (χ0) is 24.2. The molecule has 12 nitrogen and oxygen atoms in total. The Balaban J connectivity index is 1.73. The number of carbonyl (C=O) groups excluding carboxylic acids is 2. The predicted octanol–water partition coefficient (Wildman–Crippen LogP) is 0.0474. The number of ether oxygens (including phenoxy) is 2. The van der Waals surface area contributed by atoms with Gasteiger partial charge in [-0.1, -0.05) is 18.2 Å². The second-order valence-corrected chi connectivity index (χ2v) is 9.63. The number of hydrogen-bond acceptors (Lipinski definition) is 10. The van der Waals surface area contributed by atoms with Crippen molar-refractivity contribution < 1.29 is 37.8 Å². The van der Waals surface area contributed by atoms with Gasteiger partial charge in [0.1, 0.15) is 24.0 Å². The Morgan fingerprint density at radius 2 is 2.15 bits per heavy atom. The molecule has 182 valence electrons. The molecule has 6 unspecified atom stereocenters. The molecule has 33 heavy (non-hydrogen) atoms. The number of aliphatic hydroxyl groups is 1. The lowest BCUT2D eigenvalue weighted by Gasteiger charge is -2.37. The number of para-hydroxylation sites is 1. The third kappa shape index (κ3) is 5.91. The Morgan fingerprint density at radius 1 is 1.45 bits per heavy atom. The lowest BCUT2D eigenvalue weighted by Crippen LogP contribution is -2.60. The SMILES string of the molecule is COC(=O)C(C)NP(=O)(OCC1OC(N2C=CC(=O)NC2)C(C)(N)C1O)Oc1ccccc1. The number of methoxy groups -OCH3 is 1. The molecule has 0 bridgehead atoms. The van der Waals surface area contributed by atoms with E-state index in [0.717, 1.165) is 0 Å². The number of nitrogens with zero attached hydrogens (tertiary/aromatic N) is 1. The Labute approximate surface area is 191 Å². The van der Waals surface area contributed by atoms with E-state index in [4.69, 9.17) is 19.5 Å². The molecule has 2 aliphatic rings. The molecule has 1 saturated heterocycles. The summed E-state index contributed by atoms with van der Waals surface area (Å²) in [5.41, 5.74) is 5.09. The molecule has 0 aromatic heterocycles. The van der Waals surface area contributed by atoms with E-state index in [1.165, 1.54) is 26.3 Å². The molecule has 0 spiro atoms. The number of nitrogens with one attached hydrogen (secondary N) is 2. The Hall–Kier alpha value is -2.47. The Bertz CT molecular complexity index is 928. The quantitative estimate of drug-likeness (QED) is 0.277. The van der Waals surface area contributed by atoms with Gasteiger partial charge in [-0.25, -0.2) is 4.57 Å². The van der Waals surface area contributed by atoms with Crippen molar-refractivity contribution in [2.45, 2.75) is 43.9 Å². The van der Waals surface area contributed by atoms with Crippen molar-refractivity contribution in [3.8, 4) is 5.75 Å². The smallest absolute Gasteiger partial charge is 0.459 e. The molecule has 2 heterocycles. The maximum atomic E-state index is 13.5. The van der Waals surface area contributed by atoms with Gasteiger partial charge in [-0.15, -0.1) is 0 Å². The summed E-state index contributed by atoms with van der Waals surface area (Å²) in [6.07, 6.45) is -0.128. The molecule has 1 amide bonds. The Morgan fingerprint density at radius 3 is 2.76 bits per heavy atom. The van der Waals surface area contributed by atoms with Gasteiger partial charge >= 0.3 is 13.7 Å². The maximum Gasteiger partial charge on any atom is 0.459 e. The summed E-state index contributed by atoms with van der Waals surface area (Å²) < 4.78 is 35.1. The standard InChI is InChI=1S/C20H29N4O8P/c1-13(18(27)29-3)23-33(28,32-14-7-5-4-6-8-14)30-11-15-17(26)20(2,21)19(31-15)24-10-9-16(25)22-12-24/h4-10,13,15,17,19,26H,11-12,21H2,1-3H3,(H,22,25)(H,23,28). The number of benzene rings is 1. The van der Waals surface area contributed by atoms with Crippen molar-refractivity contribution in [1.29, 1.82) is 0 Å². The van der Waals surface area contributed by atoms with E-state index in [2.05, 4.69) is 15.1 Å². The second-order valence-electron chi connectivity index (χ2n) is 7.94. The molecule has 3 rings (SSSR count). The van der Waals surface area contributed by atoms with Gasteiger partial charge in [0.25, 0.3) is 0 Å². The van der Waals surface area contributed by atoms with Crippen LogP contribution in [0, 0.1) is 0 Å². The van der Waals surface area contributed by atoms with Crippen molar-refractivity contribution in [2.75, 3.05) is 20.4 Å². The highest BCUT2D eigenvalue weighted by atomic mass is 31.2. The first-order chi connectivity index (χ1) is 15.6. The van der Waals surface area contributed by atoms with Crippen LogP contribution in [0.5, 0.6) is 5.75 Å². The van der Waals surface area contributed by atoms with Gasteiger partial charge < -0.3 is 35.1 Å². The number of aliphatic hydroxyl groups excluding tert-OH is 1. The van der Waals surface area contributed by atoms with Crippen LogP contribution in [0.4, 0.5) is 0 Å². The van der Waals surface area contributed by atoms with Gasteiger partial charge in [-0.05, 0) is 26.0 Å². The highest BCUT2D eigenvalue weighted by Crippen LogP contribution is 2.46. The van der Waals surface area contributed by atoms with E-state index in [9.17, 15) is 19.3 Å². The van der Waals surface area contributed by atoms with Crippen molar-refractivity contribution in [3.63, 3.8) is 0 Å². The molecule has 0 radical (unpaired) electrons. The first kappa shape index (κ1) is 25.2. The van der Waals surface area contributed by atoms with Crippen LogP contribution < -0.4 is 20.7 Å². The van der Waals surface area contributed by atoms with Crippen LogP contribution in [-0.4, -0.2) is 72.3 Å². The second kappa shape index (κ2) is 10.2. The number of nitrogens with two attached hydrogens (primary N) is 1. The van der Waals surface area contributed by atoms with Gasteiger partial charge in [0.2, 0.25) is 5.91 Å². The van der Waals surface area contributed by atoms with Gasteiger partial charge in [-0.3, -0.25) is 14.1 Å². The number of hydrogen-bond donors (Lipinski definition) is 4. The summed E-state index contributed by atoms with van der Waals surface area (Å²) in [4.78, 5) is 24.9.